The van der Waals surface area contributed by atoms with Crippen LogP contribution in [0, 0.1) is 0 Å². The summed E-state index contributed by atoms with van der Waals surface area (Å²) in [7, 11) is 1.52. The van der Waals surface area contributed by atoms with Gasteiger partial charge in [-0.2, -0.15) is 13.2 Å². The first-order chi connectivity index (χ1) is 14.7. The maximum atomic E-state index is 12.8. The van der Waals surface area contributed by atoms with Gasteiger partial charge in [-0.3, -0.25) is 4.79 Å². The molecule has 0 atom stereocenters. The zero-order chi connectivity index (χ0) is 22.6. The van der Waals surface area contributed by atoms with Gasteiger partial charge in [-0.05, 0) is 35.0 Å². The van der Waals surface area contributed by atoms with Crippen molar-refractivity contribution in [2.45, 2.75) is 17.6 Å². The van der Waals surface area contributed by atoms with Crippen LogP contribution >= 0.6 is 23.4 Å². The minimum absolute atomic E-state index is 0.0211. The van der Waals surface area contributed by atoms with Gasteiger partial charge in [0.05, 0.1) is 28.7 Å². The molecule has 0 saturated carbocycles. The minimum Gasteiger partial charge on any atom is -0.538 e. The van der Waals surface area contributed by atoms with Gasteiger partial charge in [0.25, 0.3) is 5.03 Å². The number of aromatic nitrogens is 2. The fourth-order valence-electron chi connectivity index (χ4n) is 2.50. The summed E-state index contributed by atoms with van der Waals surface area (Å²) in [6, 6.07) is 9.37. The Balaban J connectivity index is 1.63. The number of carbonyl (C=O) groups excluding carboxylic acids is 1. The van der Waals surface area contributed by atoms with Crippen molar-refractivity contribution < 1.29 is 37.0 Å². The Hall–Kier alpha value is -2.92. The third-order valence-corrected chi connectivity index (χ3v) is 5.38. The Morgan fingerprint density at radius 3 is 2.65 bits per heavy atom. The zero-order valence-corrected chi connectivity index (χ0v) is 17.5. The van der Waals surface area contributed by atoms with Crippen LogP contribution in [0.4, 0.5) is 18.9 Å². The second-order valence-electron chi connectivity index (χ2n) is 6.11. The fraction of sp³-hybridized carbons (Fsp3) is 0.211. The van der Waals surface area contributed by atoms with Crippen molar-refractivity contribution in [3.63, 3.8) is 0 Å². The third kappa shape index (κ3) is 5.61. The molecule has 0 radical (unpaired) electrons. The third-order valence-electron chi connectivity index (χ3n) is 4.03. The van der Waals surface area contributed by atoms with Crippen LogP contribution in [0.1, 0.15) is 12.0 Å². The normalized spacial score (nSPS) is 11.4. The van der Waals surface area contributed by atoms with Gasteiger partial charge in [-0.15, -0.1) is 0 Å². The Kier molecular flexibility index (Phi) is 6.96. The number of amides is 1. The number of nitrogens with one attached hydrogen (secondary N) is 1. The van der Waals surface area contributed by atoms with Crippen LogP contribution in [0.2, 0.25) is 5.02 Å². The maximum Gasteiger partial charge on any atom is 0.416 e. The van der Waals surface area contributed by atoms with Crippen LogP contribution in [0.25, 0.3) is 5.69 Å². The monoisotopic (exact) mass is 473 g/mol. The number of thioether (sulfide) groups is 1. The molecule has 0 unspecified atom stereocenters. The van der Waals surface area contributed by atoms with Gasteiger partial charge in [0.2, 0.25) is 11.6 Å². The van der Waals surface area contributed by atoms with Gasteiger partial charge >= 0.3 is 6.18 Å². The highest BCUT2D eigenvalue weighted by Gasteiger charge is 2.31. The second-order valence-corrected chi connectivity index (χ2v) is 7.61. The fourth-order valence-corrected chi connectivity index (χ4v) is 3.56. The average molecular weight is 474 g/mol. The topological polar surface area (TPSA) is 91.3 Å². The first-order valence-electron chi connectivity index (χ1n) is 8.72. The number of hydrogen-bond donors (Lipinski definition) is 1. The molecule has 12 heteroatoms. The summed E-state index contributed by atoms with van der Waals surface area (Å²) >= 11 is 6.90. The van der Waals surface area contributed by atoms with E-state index >= 15 is 0 Å². The van der Waals surface area contributed by atoms with Gasteiger partial charge in [0.1, 0.15) is 5.75 Å². The number of alkyl halides is 3. The number of nitrogens with zero attached hydrogens (tertiary/aromatic N) is 2. The number of halogens is 4. The van der Waals surface area contributed by atoms with Crippen molar-refractivity contribution in [1.82, 2.24) is 5.27 Å². The Labute approximate surface area is 183 Å². The predicted molar refractivity (Wildman–Crippen MR) is 104 cm³/mol. The van der Waals surface area contributed by atoms with Crippen LogP contribution < -0.4 is 19.8 Å². The number of hydrogen-bond acceptors (Lipinski definition) is 6. The first-order valence-corrected chi connectivity index (χ1v) is 10.1. The van der Waals surface area contributed by atoms with Crippen molar-refractivity contribution in [3.05, 3.63) is 53.1 Å². The van der Waals surface area contributed by atoms with Crippen molar-refractivity contribution in [2.24, 2.45) is 0 Å². The first kappa shape index (κ1) is 22.8. The van der Waals surface area contributed by atoms with Gasteiger partial charge < -0.3 is 19.7 Å². The Morgan fingerprint density at radius 1 is 1.29 bits per heavy atom. The molecule has 1 N–H and O–H groups in total. The lowest BCUT2D eigenvalue weighted by molar-refractivity contribution is -0.705. The van der Waals surface area contributed by atoms with Gasteiger partial charge in [0.15, 0.2) is 5.95 Å². The van der Waals surface area contributed by atoms with Crippen molar-refractivity contribution in [2.75, 3.05) is 18.2 Å². The highest BCUT2D eigenvalue weighted by atomic mass is 35.5. The zero-order valence-electron chi connectivity index (χ0n) is 15.9. The molecule has 0 aliphatic rings. The highest BCUT2D eigenvalue weighted by Crippen LogP contribution is 2.34. The molecule has 164 valence electrons. The molecule has 2 aromatic carbocycles. The molecule has 0 fully saturated rings. The summed E-state index contributed by atoms with van der Waals surface area (Å²) in [5, 5.41) is 18.1. The lowest BCUT2D eigenvalue weighted by Gasteiger charge is -2.11. The molecule has 0 saturated heterocycles. The average Bonchev–Trinajstić information content (AvgIpc) is 3.09. The Bertz CT molecular complexity index is 1070. The number of ether oxygens (including phenoxy) is 1. The van der Waals surface area contributed by atoms with Crippen LogP contribution in [-0.4, -0.2) is 24.0 Å². The maximum absolute atomic E-state index is 12.8. The van der Waals surface area contributed by atoms with Gasteiger partial charge in [-0.25, -0.2) is 0 Å². The summed E-state index contributed by atoms with van der Waals surface area (Å²) in [6.45, 7) is 0. The Morgan fingerprint density at radius 2 is 2.00 bits per heavy atom. The molecular formula is C19H15ClF3N3O4S. The molecule has 7 nitrogen and oxygen atoms in total. The number of rotatable bonds is 7. The molecule has 0 aliphatic carbocycles. The van der Waals surface area contributed by atoms with Crippen molar-refractivity contribution >= 4 is 35.0 Å². The standard InChI is InChI=1S/C19H15ClF3N3O4S/c1-29-13-5-3-12(4-6-13)26-17(18(28)30-25-26)31-9-8-16(27)24-15-10-11(19(21,22)23)2-7-14(15)20/h2-7,10H,8-9H2,1H3,(H-,24,25,27,28). The molecular weight excluding hydrogens is 459 g/mol. The number of methoxy groups -OCH3 is 1. The van der Waals surface area contributed by atoms with E-state index in [0.717, 1.165) is 30.0 Å². The lowest BCUT2D eigenvalue weighted by atomic mass is 10.2. The van der Waals surface area contributed by atoms with Crippen LogP contribution in [-0.2, 0) is 11.0 Å². The molecule has 0 aliphatic heterocycles. The predicted octanol–water partition coefficient (Wildman–Crippen LogP) is 3.83. The van der Waals surface area contributed by atoms with E-state index in [2.05, 4.69) is 10.6 Å². The summed E-state index contributed by atoms with van der Waals surface area (Å²) in [4.78, 5) is 12.2. The van der Waals surface area contributed by atoms with Crippen LogP contribution in [0.15, 0.2) is 52.0 Å². The summed E-state index contributed by atoms with van der Waals surface area (Å²) in [6.07, 6.45) is -4.65. The molecule has 1 aromatic heterocycles. The summed E-state index contributed by atoms with van der Waals surface area (Å²) in [5.41, 5.74) is -0.522. The molecule has 31 heavy (non-hydrogen) atoms. The number of anilines is 1. The quantitative estimate of drug-likeness (QED) is 0.414. The molecule has 3 aromatic rings. The second kappa shape index (κ2) is 9.48. The van der Waals surface area contributed by atoms with E-state index in [9.17, 15) is 23.1 Å². The molecule has 3 rings (SSSR count). The largest absolute Gasteiger partial charge is 0.538 e. The lowest BCUT2D eigenvalue weighted by Crippen LogP contribution is -2.34. The van der Waals surface area contributed by atoms with E-state index in [4.69, 9.17) is 20.9 Å². The van der Waals surface area contributed by atoms with Crippen LogP contribution in [0.3, 0.4) is 0 Å². The van der Waals surface area contributed by atoms with E-state index in [-0.39, 0.29) is 27.9 Å². The molecule has 0 spiro atoms. The van der Waals surface area contributed by atoms with Gasteiger partial charge in [-0.1, -0.05) is 23.4 Å². The number of carbonyl (C=O) groups is 1. The molecule has 1 amide bonds. The smallest absolute Gasteiger partial charge is 0.416 e. The number of benzene rings is 2. The van der Waals surface area contributed by atoms with Crippen molar-refractivity contribution in [1.29, 1.82) is 0 Å². The van der Waals surface area contributed by atoms with E-state index in [1.807, 2.05) is 0 Å². The van der Waals surface area contributed by atoms with Crippen LogP contribution in [0.5, 0.6) is 11.7 Å². The van der Waals surface area contributed by atoms with E-state index < -0.39 is 23.6 Å². The molecule has 0 bridgehead atoms. The van der Waals surface area contributed by atoms with E-state index in [1.165, 1.54) is 11.8 Å². The van der Waals surface area contributed by atoms with E-state index in [1.54, 1.807) is 24.3 Å². The highest BCUT2D eigenvalue weighted by molar-refractivity contribution is 7.99. The minimum atomic E-state index is -4.56. The SMILES string of the molecule is COc1ccc(-[n+]2noc([O-])c2SCCC(=O)Nc2cc(C(F)(F)F)ccc2Cl)cc1. The van der Waals surface area contributed by atoms with Crippen molar-refractivity contribution in [3.8, 4) is 17.4 Å². The molecule has 1 heterocycles. The van der Waals surface area contributed by atoms with Gasteiger partial charge in [0, 0.05) is 24.3 Å². The van der Waals surface area contributed by atoms with E-state index in [0.29, 0.717) is 11.4 Å². The summed E-state index contributed by atoms with van der Waals surface area (Å²) < 4.78 is 49.6. The summed E-state index contributed by atoms with van der Waals surface area (Å²) in [5.74, 6) is -0.472.